The summed E-state index contributed by atoms with van der Waals surface area (Å²) in [6.07, 6.45) is 1.95. The van der Waals surface area contributed by atoms with Crippen LogP contribution in [0.15, 0.2) is 23.1 Å². The van der Waals surface area contributed by atoms with E-state index in [4.69, 9.17) is 0 Å². The molecule has 8 heteroatoms. The Kier molecular flexibility index (Phi) is 6.41. The fourth-order valence-electron chi connectivity index (χ4n) is 3.01. The van der Waals surface area contributed by atoms with E-state index in [2.05, 4.69) is 5.32 Å². The van der Waals surface area contributed by atoms with Crippen molar-refractivity contribution in [1.82, 2.24) is 9.62 Å². The Balaban J connectivity index is 2.28. The van der Waals surface area contributed by atoms with Crippen LogP contribution in [0.3, 0.4) is 0 Å². The summed E-state index contributed by atoms with van der Waals surface area (Å²) in [6.45, 7) is 6.40. The average Bonchev–Trinajstić information content (AvgIpc) is 3.09. The number of sulfonamides is 1. The molecule has 0 saturated carbocycles. The maximum Gasteiger partial charge on any atom is 0.326 e. The quantitative estimate of drug-likeness (QED) is 0.751. The second kappa shape index (κ2) is 8.18. The van der Waals surface area contributed by atoms with Gasteiger partial charge in [0.05, 0.1) is 4.90 Å². The molecule has 7 nitrogen and oxygen atoms in total. The number of carbonyl (C=O) groups is 2. The van der Waals surface area contributed by atoms with Crippen LogP contribution in [0.4, 0.5) is 0 Å². The summed E-state index contributed by atoms with van der Waals surface area (Å²) >= 11 is 0. The Bertz CT molecular complexity index is 783. The Morgan fingerprint density at radius 2 is 1.85 bits per heavy atom. The number of benzene rings is 1. The molecule has 2 rings (SSSR count). The third-order valence-electron chi connectivity index (χ3n) is 4.47. The summed E-state index contributed by atoms with van der Waals surface area (Å²) in [5.74, 6) is -1.58. The maximum absolute atomic E-state index is 12.7. The average molecular weight is 382 g/mol. The largest absolute Gasteiger partial charge is 0.480 e. The van der Waals surface area contributed by atoms with Crippen molar-refractivity contribution in [3.8, 4) is 0 Å². The zero-order chi connectivity index (χ0) is 19.5. The number of hydrogen-bond acceptors (Lipinski definition) is 4. The number of hydrogen-bond donors (Lipinski definition) is 2. The highest BCUT2D eigenvalue weighted by Gasteiger charge is 2.29. The Morgan fingerprint density at radius 3 is 2.38 bits per heavy atom. The van der Waals surface area contributed by atoms with Gasteiger partial charge in [-0.1, -0.05) is 19.9 Å². The lowest BCUT2D eigenvalue weighted by Gasteiger charge is -2.19. The van der Waals surface area contributed by atoms with Gasteiger partial charge in [0, 0.05) is 18.7 Å². The van der Waals surface area contributed by atoms with Crippen molar-refractivity contribution < 1.29 is 23.1 Å². The first-order chi connectivity index (χ1) is 12.1. The van der Waals surface area contributed by atoms with Crippen molar-refractivity contribution in [2.45, 2.75) is 51.0 Å². The zero-order valence-corrected chi connectivity index (χ0v) is 16.2. The van der Waals surface area contributed by atoms with Gasteiger partial charge < -0.3 is 10.4 Å². The summed E-state index contributed by atoms with van der Waals surface area (Å²) in [4.78, 5) is 24.0. The van der Waals surface area contributed by atoms with Gasteiger partial charge in [0.15, 0.2) is 0 Å². The van der Waals surface area contributed by atoms with Gasteiger partial charge in [0.2, 0.25) is 10.0 Å². The highest BCUT2D eigenvalue weighted by Crippen LogP contribution is 2.23. The minimum Gasteiger partial charge on any atom is -0.480 e. The standard InChI is InChI=1S/C18H26N2O5S/c1-12(2)10-16(18(22)23)19-17(21)15-11-14(7-6-13(15)3)26(24,25)20-8-4-5-9-20/h6-7,11-12,16H,4-5,8-10H2,1-3H3,(H,19,21)(H,22,23)/t16-/m0/s1. The number of carboxylic acids is 1. The Labute approximate surface area is 154 Å². The van der Waals surface area contributed by atoms with Gasteiger partial charge in [0.25, 0.3) is 5.91 Å². The third kappa shape index (κ3) is 4.62. The molecular weight excluding hydrogens is 356 g/mol. The van der Waals surface area contributed by atoms with Gasteiger partial charge in [-0.2, -0.15) is 4.31 Å². The molecule has 1 fully saturated rings. The molecule has 0 radical (unpaired) electrons. The summed E-state index contributed by atoms with van der Waals surface area (Å²) in [6, 6.07) is 3.39. The molecule has 1 aliphatic heterocycles. The van der Waals surface area contributed by atoms with E-state index >= 15 is 0 Å². The molecule has 0 bridgehead atoms. The molecule has 0 spiro atoms. The van der Waals surface area contributed by atoms with Crippen molar-refractivity contribution in [1.29, 1.82) is 0 Å². The van der Waals surface area contributed by atoms with Crippen molar-refractivity contribution in [2.24, 2.45) is 5.92 Å². The number of carbonyl (C=O) groups excluding carboxylic acids is 1. The first-order valence-electron chi connectivity index (χ1n) is 8.77. The fraction of sp³-hybridized carbons (Fsp3) is 0.556. The van der Waals surface area contributed by atoms with E-state index < -0.39 is 27.9 Å². The highest BCUT2D eigenvalue weighted by atomic mass is 32.2. The second-order valence-electron chi connectivity index (χ2n) is 7.08. The first-order valence-corrected chi connectivity index (χ1v) is 10.2. The van der Waals surface area contributed by atoms with Gasteiger partial charge in [-0.05, 0) is 49.8 Å². The summed E-state index contributed by atoms with van der Waals surface area (Å²) in [7, 11) is -3.64. The molecular formula is C18H26N2O5S. The number of carboxylic acid groups (broad SMARTS) is 1. The molecule has 1 aromatic rings. The predicted octanol–water partition coefficient (Wildman–Crippen LogP) is 2.01. The molecule has 0 aliphatic carbocycles. The van der Waals surface area contributed by atoms with Crippen LogP contribution >= 0.6 is 0 Å². The van der Waals surface area contributed by atoms with Gasteiger partial charge in [-0.15, -0.1) is 0 Å². The molecule has 0 aromatic heterocycles. The first kappa shape index (κ1) is 20.4. The summed E-state index contributed by atoms with van der Waals surface area (Å²) in [5, 5.41) is 11.8. The van der Waals surface area contributed by atoms with E-state index in [9.17, 15) is 23.1 Å². The molecule has 1 heterocycles. The summed E-state index contributed by atoms with van der Waals surface area (Å²) in [5.41, 5.74) is 0.775. The molecule has 144 valence electrons. The van der Waals surface area contributed by atoms with Crippen LogP contribution in [0.2, 0.25) is 0 Å². The smallest absolute Gasteiger partial charge is 0.326 e. The van der Waals surface area contributed by atoms with E-state index in [1.807, 2.05) is 13.8 Å². The van der Waals surface area contributed by atoms with Crippen molar-refractivity contribution in [3.05, 3.63) is 29.3 Å². The number of aryl methyl sites for hydroxylation is 1. The molecule has 1 amide bonds. The van der Waals surface area contributed by atoms with Gasteiger partial charge >= 0.3 is 5.97 Å². The fourth-order valence-corrected chi connectivity index (χ4v) is 4.56. The minimum atomic E-state index is -3.64. The normalized spacial score (nSPS) is 16.6. The maximum atomic E-state index is 12.7. The summed E-state index contributed by atoms with van der Waals surface area (Å²) < 4.78 is 26.8. The molecule has 0 unspecified atom stereocenters. The SMILES string of the molecule is Cc1ccc(S(=O)(=O)N2CCCC2)cc1C(=O)N[C@@H](CC(C)C)C(=O)O. The van der Waals surface area contributed by atoms with E-state index in [0.29, 0.717) is 25.1 Å². The van der Waals surface area contributed by atoms with Crippen molar-refractivity contribution >= 4 is 21.9 Å². The van der Waals surface area contributed by atoms with Crippen LogP contribution in [-0.4, -0.2) is 48.8 Å². The number of aliphatic carboxylic acids is 1. The van der Waals surface area contributed by atoms with Crippen LogP contribution < -0.4 is 5.32 Å². The van der Waals surface area contributed by atoms with E-state index in [1.165, 1.54) is 16.4 Å². The van der Waals surface area contributed by atoms with Crippen LogP contribution in [0.25, 0.3) is 0 Å². The minimum absolute atomic E-state index is 0.0610. The number of amides is 1. The Morgan fingerprint density at radius 1 is 1.23 bits per heavy atom. The van der Waals surface area contributed by atoms with Gasteiger partial charge in [-0.3, -0.25) is 4.79 Å². The molecule has 2 N–H and O–H groups in total. The molecule has 26 heavy (non-hydrogen) atoms. The predicted molar refractivity (Wildman–Crippen MR) is 97.5 cm³/mol. The molecule has 1 aliphatic rings. The van der Waals surface area contributed by atoms with Gasteiger partial charge in [-0.25, -0.2) is 13.2 Å². The van der Waals surface area contributed by atoms with Crippen LogP contribution in [0, 0.1) is 12.8 Å². The second-order valence-corrected chi connectivity index (χ2v) is 9.02. The number of nitrogens with one attached hydrogen (secondary N) is 1. The molecule has 1 saturated heterocycles. The zero-order valence-electron chi connectivity index (χ0n) is 15.4. The van der Waals surface area contributed by atoms with E-state index in [-0.39, 0.29) is 16.4 Å². The van der Waals surface area contributed by atoms with Crippen LogP contribution in [0.5, 0.6) is 0 Å². The van der Waals surface area contributed by atoms with Gasteiger partial charge in [0.1, 0.15) is 6.04 Å². The lowest BCUT2D eigenvalue weighted by Crippen LogP contribution is -2.42. The number of nitrogens with zero attached hydrogens (tertiary/aromatic N) is 1. The molecule has 1 aromatic carbocycles. The van der Waals surface area contributed by atoms with E-state index in [0.717, 1.165) is 12.8 Å². The van der Waals surface area contributed by atoms with Crippen LogP contribution in [-0.2, 0) is 14.8 Å². The highest BCUT2D eigenvalue weighted by molar-refractivity contribution is 7.89. The monoisotopic (exact) mass is 382 g/mol. The number of rotatable bonds is 7. The topological polar surface area (TPSA) is 104 Å². The third-order valence-corrected chi connectivity index (χ3v) is 6.36. The van der Waals surface area contributed by atoms with Crippen molar-refractivity contribution in [3.63, 3.8) is 0 Å². The van der Waals surface area contributed by atoms with E-state index in [1.54, 1.807) is 13.0 Å². The Hall–Kier alpha value is -1.93. The van der Waals surface area contributed by atoms with Crippen LogP contribution in [0.1, 0.15) is 49.0 Å². The lowest BCUT2D eigenvalue weighted by molar-refractivity contribution is -0.139. The lowest BCUT2D eigenvalue weighted by atomic mass is 10.0. The molecule has 1 atom stereocenters. The van der Waals surface area contributed by atoms with Crippen molar-refractivity contribution in [2.75, 3.05) is 13.1 Å².